The Bertz CT molecular complexity index is 952. The highest BCUT2D eigenvalue weighted by molar-refractivity contribution is 6.30. The van der Waals surface area contributed by atoms with Crippen LogP contribution in [0.5, 0.6) is 5.75 Å². The van der Waals surface area contributed by atoms with Crippen molar-refractivity contribution < 1.29 is 9.53 Å². The first kappa shape index (κ1) is 20.0. The van der Waals surface area contributed by atoms with Gasteiger partial charge in [-0.05, 0) is 55.2 Å². The summed E-state index contributed by atoms with van der Waals surface area (Å²) in [5.41, 5.74) is 3.84. The number of nitrogens with zero attached hydrogens (tertiary/aromatic N) is 2. The quantitative estimate of drug-likeness (QED) is 0.567. The Labute approximate surface area is 170 Å². The molecule has 3 rings (SSSR count). The van der Waals surface area contributed by atoms with Gasteiger partial charge in [-0.15, -0.1) is 0 Å². The third-order valence-corrected chi connectivity index (χ3v) is 4.57. The molecule has 1 amide bonds. The van der Waals surface area contributed by atoms with E-state index in [-0.39, 0.29) is 5.91 Å². The maximum absolute atomic E-state index is 12.4. The molecule has 0 aliphatic rings. The van der Waals surface area contributed by atoms with E-state index in [0.29, 0.717) is 30.3 Å². The third kappa shape index (κ3) is 5.60. The van der Waals surface area contributed by atoms with Crippen LogP contribution in [0.2, 0.25) is 5.02 Å². The second-order valence-corrected chi connectivity index (χ2v) is 7.23. The van der Waals surface area contributed by atoms with E-state index in [0.717, 1.165) is 28.9 Å². The summed E-state index contributed by atoms with van der Waals surface area (Å²) in [6.07, 6.45) is 4.15. The van der Waals surface area contributed by atoms with E-state index in [1.165, 1.54) is 0 Å². The van der Waals surface area contributed by atoms with Crippen molar-refractivity contribution in [2.24, 2.45) is 0 Å². The first-order valence-corrected chi connectivity index (χ1v) is 9.64. The van der Waals surface area contributed by atoms with E-state index in [2.05, 4.69) is 16.5 Å². The highest BCUT2D eigenvalue weighted by atomic mass is 35.5. The molecule has 1 N–H and O–H groups in total. The van der Waals surface area contributed by atoms with E-state index >= 15 is 0 Å². The fourth-order valence-electron chi connectivity index (χ4n) is 2.83. The zero-order chi connectivity index (χ0) is 19.9. The summed E-state index contributed by atoms with van der Waals surface area (Å²) >= 11 is 5.84. The van der Waals surface area contributed by atoms with Crippen LogP contribution < -0.4 is 10.1 Å². The molecule has 0 radical (unpaired) electrons. The molecular formula is C22H24ClN3O2. The van der Waals surface area contributed by atoms with Crippen LogP contribution in [0.4, 0.5) is 0 Å². The van der Waals surface area contributed by atoms with Crippen LogP contribution in [0.1, 0.15) is 33.5 Å². The maximum atomic E-state index is 12.4. The smallest absolute Gasteiger partial charge is 0.251 e. The largest absolute Gasteiger partial charge is 0.489 e. The minimum absolute atomic E-state index is 0.0907. The molecule has 146 valence electrons. The average molecular weight is 398 g/mol. The molecule has 0 fully saturated rings. The minimum atomic E-state index is -0.0907. The second-order valence-electron chi connectivity index (χ2n) is 6.79. The topological polar surface area (TPSA) is 56.1 Å². The maximum Gasteiger partial charge on any atom is 0.251 e. The molecule has 0 atom stereocenters. The number of rotatable bonds is 8. The van der Waals surface area contributed by atoms with Crippen molar-refractivity contribution in [3.8, 4) is 5.75 Å². The third-order valence-electron chi connectivity index (χ3n) is 4.38. The van der Waals surface area contributed by atoms with Gasteiger partial charge in [0.1, 0.15) is 12.4 Å². The van der Waals surface area contributed by atoms with Gasteiger partial charge in [-0.2, -0.15) is 5.10 Å². The lowest BCUT2D eigenvalue weighted by atomic mass is 10.1. The lowest BCUT2D eigenvalue weighted by Crippen LogP contribution is -2.25. The molecule has 0 saturated heterocycles. The van der Waals surface area contributed by atoms with Crippen molar-refractivity contribution in [3.05, 3.63) is 82.1 Å². The fourth-order valence-corrected chi connectivity index (χ4v) is 2.99. The summed E-state index contributed by atoms with van der Waals surface area (Å²) in [6.45, 7) is 5.76. The number of carbonyl (C=O) groups excluding carboxylic acids is 1. The predicted octanol–water partition coefficient (Wildman–Crippen LogP) is 4.55. The van der Waals surface area contributed by atoms with Crippen molar-refractivity contribution in [3.63, 3.8) is 0 Å². The van der Waals surface area contributed by atoms with Gasteiger partial charge < -0.3 is 10.1 Å². The number of aromatic nitrogens is 2. The number of ether oxygens (including phenoxy) is 1. The van der Waals surface area contributed by atoms with Crippen LogP contribution in [-0.4, -0.2) is 22.2 Å². The summed E-state index contributed by atoms with van der Waals surface area (Å²) in [6, 6.07) is 13.7. The lowest BCUT2D eigenvalue weighted by Gasteiger charge is -2.11. The Hall–Kier alpha value is -2.79. The molecule has 0 aliphatic carbocycles. The van der Waals surface area contributed by atoms with Crippen LogP contribution in [-0.2, 0) is 13.2 Å². The van der Waals surface area contributed by atoms with E-state index in [1.807, 2.05) is 50.2 Å². The number of nitrogens with one attached hydrogen (secondary N) is 1. The summed E-state index contributed by atoms with van der Waals surface area (Å²) in [5, 5.41) is 7.67. The normalized spacial score (nSPS) is 10.7. The number of halogens is 1. The standard InChI is InChI=1S/C22H24ClN3O2/c1-16-7-8-17(2)21(11-16)28-15-18-5-3-6-19(12-18)22(27)24-9-4-10-26-14-20(23)13-25-26/h3,5-8,11-14H,4,9-10,15H2,1-2H3,(H,24,27). The van der Waals surface area contributed by atoms with Gasteiger partial charge in [-0.3, -0.25) is 9.48 Å². The van der Waals surface area contributed by atoms with Gasteiger partial charge in [0.25, 0.3) is 5.91 Å². The van der Waals surface area contributed by atoms with Gasteiger partial charge in [0, 0.05) is 24.8 Å². The highest BCUT2D eigenvalue weighted by Crippen LogP contribution is 2.20. The van der Waals surface area contributed by atoms with Gasteiger partial charge in [-0.25, -0.2) is 0 Å². The Morgan fingerprint density at radius 1 is 1.21 bits per heavy atom. The Morgan fingerprint density at radius 2 is 2.07 bits per heavy atom. The number of amides is 1. The minimum Gasteiger partial charge on any atom is -0.489 e. The lowest BCUT2D eigenvalue weighted by molar-refractivity contribution is 0.0952. The van der Waals surface area contributed by atoms with E-state index < -0.39 is 0 Å². The molecule has 1 heterocycles. The van der Waals surface area contributed by atoms with Gasteiger partial charge in [0.2, 0.25) is 0 Å². The van der Waals surface area contributed by atoms with Gasteiger partial charge >= 0.3 is 0 Å². The van der Waals surface area contributed by atoms with Crippen LogP contribution in [0.3, 0.4) is 0 Å². The van der Waals surface area contributed by atoms with E-state index in [1.54, 1.807) is 17.1 Å². The SMILES string of the molecule is Cc1ccc(C)c(OCc2cccc(C(=O)NCCCn3cc(Cl)cn3)c2)c1. The molecule has 0 saturated carbocycles. The van der Waals surface area contributed by atoms with Crippen molar-refractivity contribution >= 4 is 17.5 Å². The van der Waals surface area contributed by atoms with Gasteiger partial charge in [0.15, 0.2) is 0 Å². The summed E-state index contributed by atoms with van der Waals surface area (Å²) in [5.74, 6) is 0.778. The second kappa shape index (κ2) is 9.42. The predicted molar refractivity (Wildman–Crippen MR) is 111 cm³/mol. The first-order valence-electron chi connectivity index (χ1n) is 9.26. The monoisotopic (exact) mass is 397 g/mol. The molecule has 5 nitrogen and oxygen atoms in total. The molecule has 28 heavy (non-hydrogen) atoms. The molecule has 0 unspecified atom stereocenters. The van der Waals surface area contributed by atoms with Crippen LogP contribution in [0, 0.1) is 13.8 Å². The van der Waals surface area contributed by atoms with Crippen LogP contribution in [0.25, 0.3) is 0 Å². The number of aryl methyl sites for hydroxylation is 3. The van der Waals surface area contributed by atoms with Crippen LogP contribution >= 0.6 is 11.6 Å². The van der Waals surface area contributed by atoms with E-state index in [9.17, 15) is 4.79 Å². The van der Waals surface area contributed by atoms with Gasteiger partial charge in [0.05, 0.1) is 11.2 Å². The Kier molecular flexibility index (Phi) is 6.71. The molecule has 0 aliphatic heterocycles. The highest BCUT2D eigenvalue weighted by Gasteiger charge is 2.07. The Balaban J connectivity index is 1.50. The summed E-state index contributed by atoms with van der Waals surface area (Å²) in [4.78, 5) is 12.4. The van der Waals surface area contributed by atoms with Crippen molar-refractivity contribution in [1.29, 1.82) is 0 Å². The van der Waals surface area contributed by atoms with Crippen molar-refractivity contribution in [1.82, 2.24) is 15.1 Å². The number of carbonyl (C=O) groups is 1. The molecule has 6 heteroatoms. The summed E-state index contributed by atoms with van der Waals surface area (Å²) < 4.78 is 7.70. The molecule has 0 spiro atoms. The summed E-state index contributed by atoms with van der Waals surface area (Å²) in [7, 11) is 0. The zero-order valence-corrected chi connectivity index (χ0v) is 16.9. The molecule has 1 aromatic heterocycles. The van der Waals surface area contributed by atoms with Gasteiger partial charge in [-0.1, -0.05) is 35.9 Å². The average Bonchev–Trinajstić information content (AvgIpc) is 3.11. The van der Waals surface area contributed by atoms with E-state index in [4.69, 9.17) is 16.3 Å². The number of hydrogen-bond acceptors (Lipinski definition) is 3. The van der Waals surface area contributed by atoms with Crippen molar-refractivity contribution in [2.45, 2.75) is 33.4 Å². The molecule has 3 aromatic rings. The zero-order valence-electron chi connectivity index (χ0n) is 16.1. The van der Waals surface area contributed by atoms with Crippen LogP contribution in [0.15, 0.2) is 54.9 Å². The number of hydrogen-bond donors (Lipinski definition) is 1. The molecular weight excluding hydrogens is 374 g/mol. The Morgan fingerprint density at radius 3 is 2.86 bits per heavy atom. The fraction of sp³-hybridized carbons (Fsp3) is 0.273. The first-order chi connectivity index (χ1) is 13.5. The molecule has 0 bridgehead atoms. The molecule has 2 aromatic carbocycles. The van der Waals surface area contributed by atoms with Crippen molar-refractivity contribution in [2.75, 3.05) is 6.54 Å². The number of benzene rings is 2.